The minimum atomic E-state index is -0.0385. The Morgan fingerprint density at radius 3 is 2.62 bits per heavy atom. The van der Waals surface area contributed by atoms with Gasteiger partial charge in [0.15, 0.2) is 11.5 Å². The number of aliphatic imine (C=N–C) groups is 1. The molecule has 0 spiro atoms. The molecule has 1 aromatic carbocycles. The molecule has 0 aliphatic heterocycles. The fourth-order valence-electron chi connectivity index (χ4n) is 4.24. The highest BCUT2D eigenvalue weighted by Crippen LogP contribution is 2.38. The first kappa shape index (κ1) is 22.4. The summed E-state index contributed by atoms with van der Waals surface area (Å²) in [4.78, 5) is 18.5. The minimum Gasteiger partial charge on any atom is -0.493 e. The standard InChI is InChI=1S/C25H31N3O3S/c1-15(2)31-20-11-10-16(12-21(20)30-4)19-14-28(3)25(29)18-13-22(32-23(18)19)24(26)27-17-8-6-5-7-9-17/h10-15,17H,5-9H2,1-4H3,(H2,26,27). The second-order valence-corrected chi connectivity index (χ2v) is 9.70. The Hall–Kier alpha value is -2.80. The van der Waals surface area contributed by atoms with Gasteiger partial charge in [-0.1, -0.05) is 25.3 Å². The van der Waals surface area contributed by atoms with E-state index in [0.29, 0.717) is 22.7 Å². The molecule has 32 heavy (non-hydrogen) atoms. The zero-order valence-corrected chi connectivity index (χ0v) is 20.0. The molecule has 2 aromatic heterocycles. The fraction of sp³-hybridized carbons (Fsp3) is 0.440. The Kier molecular flexibility index (Phi) is 6.55. The summed E-state index contributed by atoms with van der Waals surface area (Å²) < 4.78 is 14.0. The van der Waals surface area contributed by atoms with Crippen LogP contribution in [0, 0.1) is 0 Å². The number of amidine groups is 1. The van der Waals surface area contributed by atoms with Crippen molar-refractivity contribution in [3.63, 3.8) is 0 Å². The zero-order chi connectivity index (χ0) is 22.8. The summed E-state index contributed by atoms with van der Waals surface area (Å²) in [6.45, 7) is 3.96. The monoisotopic (exact) mass is 453 g/mol. The van der Waals surface area contributed by atoms with Crippen LogP contribution in [0.4, 0.5) is 0 Å². The van der Waals surface area contributed by atoms with Gasteiger partial charge in [-0.3, -0.25) is 9.79 Å². The molecule has 2 heterocycles. The number of hydrogen-bond donors (Lipinski definition) is 1. The van der Waals surface area contributed by atoms with Crippen LogP contribution in [-0.2, 0) is 7.05 Å². The summed E-state index contributed by atoms with van der Waals surface area (Å²) in [7, 11) is 3.41. The SMILES string of the molecule is COc1cc(-c2cn(C)c(=O)c3cc(C(N)=NC4CCCCC4)sc23)ccc1OC(C)C. The first-order chi connectivity index (χ1) is 15.4. The predicted octanol–water partition coefficient (Wildman–Crippen LogP) is 5.10. The van der Waals surface area contributed by atoms with E-state index < -0.39 is 0 Å². The summed E-state index contributed by atoms with van der Waals surface area (Å²) >= 11 is 1.53. The smallest absolute Gasteiger partial charge is 0.259 e. The van der Waals surface area contributed by atoms with Crippen LogP contribution in [0.2, 0.25) is 0 Å². The van der Waals surface area contributed by atoms with Gasteiger partial charge in [0.1, 0.15) is 5.84 Å². The van der Waals surface area contributed by atoms with Crippen LogP contribution in [0.3, 0.4) is 0 Å². The van der Waals surface area contributed by atoms with Gasteiger partial charge in [0.25, 0.3) is 5.56 Å². The first-order valence-electron chi connectivity index (χ1n) is 11.2. The van der Waals surface area contributed by atoms with E-state index in [1.807, 2.05) is 44.3 Å². The van der Waals surface area contributed by atoms with Gasteiger partial charge in [-0.15, -0.1) is 11.3 Å². The largest absolute Gasteiger partial charge is 0.493 e. The molecule has 2 N–H and O–H groups in total. The number of nitrogens with two attached hydrogens (primary N) is 1. The number of pyridine rings is 1. The lowest BCUT2D eigenvalue weighted by Gasteiger charge is -2.17. The summed E-state index contributed by atoms with van der Waals surface area (Å²) in [5, 5.41) is 0.660. The molecular weight excluding hydrogens is 422 g/mol. The molecule has 4 rings (SSSR count). The maximum absolute atomic E-state index is 12.9. The van der Waals surface area contributed by atoms with Crippen molar-refractivity contribution in [2.75, 3.05) is 7.11 Å². The van der Waals surface area contributed by atoms with E-state index >= 15 is 0 Å². The Balaban J connectivity index is 1.80. The average Bonchev–Trinajstić information content (AvgIpc) is 3.23. The molecule has 0 radical (unpaired) electrons. The molecule has 6 nitrogen and oxygen atoms in total. The van der Waals surface area contributed by atoms with Gasteiger partial charge in [-0.25, -0.2) is 0 Å². The second kappa shape index (κ2) is 9.36. The molecule has 0 saturated heterocycles. The number of hydrogen-bond acceptors (Lipinski definition) is 5. The van der Waals surface area contributed by atoms with Crippen molar-refractivity contribution < 1.29 is 9.47 Å². The second-order valence-electron chi connectivity index (χ2n) is 8.65. The summed E-state index contributed by atoms with van der Waals surface area (Å²) in [5.74, 6) is 1.89. The van der Waals surface area contributed by atoms with E-state index in [1.165, 1.54) is 30.6 Å². The lowest BCUT2D eigenvalue weighted by Crippen LogP contribution is -2.19. The van der Waals surface area contributed by atoms with Crippen LogP contribution in [0.15, 0.2) is 40.2 Å². The van der Waals surface area contributed by atoms with Crippen molar-refractivity contribution in [2.45, 2.75) is 58.1 Å². The molecule has 1 aliphatic rings. The van der Waals surface area contributed by atoms with Crippen molar-refractivity contribution in [3.8, 4) is 22.6 Å². The number of aryl methyl sites for hydroxylation is 1. The van der Waals surface area contributed by atoms with Crippen molar-refractivity contribution >= 4 is 27.3 Å². The Morgan fingerprint density at radius 1 is 1.19 bits per heavy atom. The Morgan fingerprint density at radius 2 is 1.94 bits per heavy atom. The molecule has 0 amide bonds. The lowest BCUT2D eigenvalue weighted by molar-refractivity contribution is 0.230. The van der Waals surface area contributed by atoms with Gasteiger partial charge in [-0.2, -0.15) is 0 Å². The molecule has 1 fully saturated rings. The predicted molar refractivity (Wildman–Crippen MR) is 132 cm³/mol. The quantitative estimate of drug-likeness (QED) is 0.416. The van der Waals surface area contributed by atoms with Gasteiger partial charge in [0.2, 0.25) is 0 Å². The van der Waals surface area contributed by atoms with E-state index in [-0.39, 0.29) is 17.7 Å². The molecule has 0 unspecified atom stereocenters. The molecule has 1 aliphatic carbocycles. The number of aromatic nitrogens is 1. The first-order valence-corrected chi connectivity index (χ1v) is 12.0. The number of rotatable bonds is 6. The van der Waals surface area contributed by atoms with Crippen LogP contribution < -0.4 is 20.8 Å². The molecule has 3 aromatic rings. The van der Waals surface area contributed by atoms with Gasteiger partial charge < -0.3 is 19.8 Å². The molecule has 1 saturated carbocycles. The van der Waals surface area contributed by atoms with Crippen LogP contribution in [0.5, 0.6) is 11.5 Å². The molecule has 0 bridgehead atoms. The van der Waals surface area contributed by atoms with Crippen molar-refractivity contribution in [3.05, 3.63) is 45.7 Å². The van der Waals surface area contributed by atoms with Gasteiger partial charge in [0, 0.05) is 23.5 Å². The highest BCUT2D eigenvalue weighted by Gasteiger charge is 2.18. The topological polar surface area (TPSA) is 78.8 Å². The maximum atomic E-state index is 12.9. The molecule has 0 atom stereocenters. The molecule has 170 valence electrons. The maximum Gasteiger partial charge on any atom is 0.259 e. The highest BCUT2D eigenvalue weighted by molar-refractivity contribution is 7.21. The normalized spacial score (nSPS) is 15.5. The van der Waals surface area contributed by atoms with Crippen molar-refractivity contribution in [2.24, 2.45) is 17.8 Å². The van der Waals surface area contributed by atoms with Crippen LogP contribution in [0.25, 0.3) is 21.2 Å². The van der Waals surface area contributed by atoms with E-state index in [4.69, 9.17) is 20.2 Å². The summed E-state index contributed by atoms with van der Waals surface area (Å²) in [6, 6.07) is 8.04. The van der Waals surface area contributed by atoms with Crippen LogP contribution in [-0.4, -0.2) is 29.7 Å². The number of fused-ring (bicyclic) bond motifs is 1. The van der Waals surface area contributed by atoms with Crippen molar-refractivity contribution in [1.29, 1.82) is 0 Å². The van der Waals surface area contributed by atoms with E-state index in [1.54, 1.807) is 18.7 Å². The molecular formula is C25H31N3O3S. The molecule has 7 heteroatoms. The van der Waals surface area contributed by atoms with E-state index in [9.17, 15) is 4.79 Å². The third-order valence-corrected chi connectivity index (χ3v) is 7.03. The van der Waals surface area contributed by atoms with Crippen LogP contribution >= 0.6 is 11.3 Å². The average molecular weight is 454 g/mol. The van der Waals surface area contributed by atoms with E-state index in [2.05, 4.69) is 0 Å². The third-order valence-electron chi connectivity index (χ3n) is 5.84. The van der Waals surface area contributed by atoms with Gasteiger partial charge >= 0.3 is 0 Å². The number of benzene rings is 1. The van der Waals surface area contributed by atoms with Gasteiger partial charge in [0.05, 0.1) is 29.5 Å². The van der Waals surface area contributed by atoms with Crippen LogP contribution in [0.1, 0.15) is 50.8 Å². The minimum absolute atomic E-state index is 0.0385. The van der Waals surface area contributed by atoms with E-state index in [0.717, 1.165) is 33.5 Å². The number of thiophene rings is 1. The number of nitrogens with zero attached hydrogens (tertiary/aromatic N) is 2. The Bertz CT molecular complexity index is 1200. The summed E-state index contributed by atoms with van der Waals surface area (Å²) in [6.07, 6.45) is 7.78. The third kappa shape index (κ3) is 4.53. The van der Waals surface area contributed by atoms with Gasteiger partial charge in [-0.05, 0) is 50.5 Å². The highest BCUT2D eigenvalue weighted by atomic mass is 32.1. The lowest BCUT2D eigenvalue weighted by atomic mass is 9.96. The number of ether oxygens (including phenoxy) is 2. The fourth-order valence-corrected chi connectivity index (χ4v) is 5.33. The van der Waals surface area contributed by atoms with Crippen molar-refractivity contribution in [1.82, 2.24) is 4.57 Å². The zero-order valence-electron chi connectivity index (χ0n) is 19.2. The Labute approximate surface area is 192 Å². The number of methoxy groups -OCH3 is 1. The summed E-state index contributed by atoms with van der Waals surface area (Å²) in [5.41, 5.74) is 8.27.